The van der Waals surface area contributed by atoms with Crippen molar-refractivity contribution in [3.05, 3.63) is 329 Å². The molecule has 2 N–H and O–H groups in total. The first kappa shape index (κ1) is 79.7. The molecule has 6 aromatic heterocycles. The number of halogens is 3. The Bertz CT molecular complexity index is 5300. The van der Waals surface area contributed by atoms with Crippen molar-refractivity contribution < 1.29 is 34.7 Å². The molecule has 16 aromatic rings. The van der Waals surface area contributed by atoms with Crippen LogP contribution in [0.2, 0.25) is 0 Å². The summed E-state index contributed by atoms with van der Waals surface area (Å²) in [6, 6.07) is 97.3. The first-order valence-electron chi connectivity index (χ1n) is 35.2. The molecule has 21 heteroatoms. The fourth-order valence-electron chi connectivity index (χ4n) is 12.1. The molecule has 10 aromatic carbocycles. The van der Waals surface area contributed by atoms with Gasteiger partial charge in [0.2, 0.25) is 0 Å². The molecule has 17 rings (SSSR count). The van der Waals surface area contributed by atoms with Gasteiger partial charge in [0.25, 0.3) is 0 Å². The molecule has 0 aliphatic carbocycles. The predicted molar refractivity (Wildman–Crippen MR) is 466 cm³/mol. The molecule has 7 heterocycles. The standard InChI is InChI=1S/C23H20N4OS.2C18H15P.C15H19BO3S.C14H13BrN4.2ClH.Pd/c1-14-4-5-16(12-15(14)2)25-21-8-9-22-24-13-19(27(22)26-21)17-6-7-20(28-3)23-18(17)10-11-29-23;2*1-4-10-16(11-5-1)19(17-12-6-2-7-13-17)18-14-8-3-9-15-18;1-14(2)15(3,4)19-16(18-14)11-6-7-12(17-5)13-10(11)8-9-20-13;1-9-3-4-11(7-10(9)2)17-13-5-6-14-16-8-12(15)19(14)18-13;;;/h4-13H,1-3H3,(H,25,26);2*1-15H;6-9H,1-5H3;3-8H,1-2H3,(H,17,18);2*1H;/q;;;;;;;+2/p-2. The van der Waals surface area contributed by atoms with Crippen molar-refractivity contribution in [3.63, 3.8) is 0 Å². The van der Waals surface area contributed by atoms with Gasteiger partial charge in [-0.3, -0.25) is 0 Å². The molecule has 554 valence electrons. The van der Waals surface area contributed by atoms with Crippen molar-refractivity contribution >= 4 is 172 Å². The van der Waals surface area contributed by atoms with E-state index in [2.05, 4.69) is 344 Å². The number of thiophene rings is 2. The molecule has 0 amide bonds. The van der Waals surface area contributed by atoms with E-state index in [1.165, 1.54) is 54.1 Å². The quantitative estimate of drug-likeness (QED) is 0.0804. The molecule has 12 nitrogen and oxygen atoms in total. The molecular weight excluding hydrogens is 1630 g/mol. The Morgan fingerprint density at radius 1 is 0.440 bits per heavy atom. The monoisotopic (exact) mass is 1710 g/mol. The maximum absolute atomic E-state index is 6.14. The van der Waals surface area contributed by atoms with Gasteiger partial charge in [-0.05, 0) is 242 Å². The molecule has 1 aliphatic rings. The fraction of sp³-hybridized carbons (Fsp3) is 0.136. The largest absolute Gasteiger partial charge is 0.0622 e. The van der Waals surface area contributed by atoms with E-state index in [1.54, 1.807) is 47.6 Å². The summed E-state index contributed by atoms with van der Waals surface area (Å²) in [5, 5.41) is 30.8. The molecule has 1 fully saturated rings. The number of ether oxygens (including phenoxy) is 2. The Labute approximate surface area is 673 Å². The number of nitrogens with zero attached hydrogens (tertiary/aromatic N) is 6. The smallest absolute Gasteiger partial charge is 0.0134 e. The van der Waals surface area contributed by atoms with Crippen LogP contribution in [0.15, 0.2) is 307 Å². The van der Waals surface area contributed by atoms with Gasteiger partial charge < -0.3 is 29.4 Å². The second-order valence-corrected chi connectivity index (χ2v) is 35.8. The van der Waals surface area contributed by atoms with Gasteiger partial charge >= 0.3 is 42.1 Å². The third kappa shape index (κ3) is 19.7. The van der Waals surface area contributed by atoms with E-state index in [9.17, 15) is 0 Å². The van der Waals surface area contributed by atoms with Crippen LogP contribution in [0.25, 0.3) is 42.7 Å². The van der Waals surface area contributed by atoms with E-state index in [0.717, 1.165) is 87.3 Å². The number of imidazole rings is 2. The topological polar surface area (TPSA) is 121 Å². The third-order valence-electron chi connectivity index (χ3n) is 18.7. The molecular formula is C88H82BBrCl2N8O4P2PdS2. The second-order valence-electron chi connectivity index (χ2n) is 26.4. The number of hydrogen-bond acceptors (Lipinski definition) is 12. The summed E-state index contributed by atoms with van der Waals surface area (Å²) in [6.07, 6.45) is 3.61. The number of nitrogens with one attached hydrogen (secondary N) is 2. The Balaban J connectivity index is 0.000000127. The summed E-state index contributed by atoms with van der Waals surface area (Å²) in [7, 11) is 11.8. The molecule has 109 heavy (non-hydrogen) atoms. The van der Waals surface area contributed by atoms with Crippen molar-refractivity contribution in [1.29, 1.82) is 0 Å². The van der Waals surface area contributed by atoms with Gasteiger partial charge in [-0.2, -0.15) is 0 Å². The van der Waals surface area contributed by atoms with Gasteiger partial charge in [0.05, 0.1) is 52.9 Å². The predicted octanol–water partition coefficient (Wildman–Crippen LogP) is 21.3. The molecule has 0 atom stereocenters. The van der Waals surface area contributed by atoms with Crippen LogP contribution in [-0.4, -0.2) is 61.7 Å². The van der Waals surface area contributed by atoms with Crippen molar-refractivity contribution in [3.8, 4) is 22.8 Å². The molecule has 0 radical (unpaired) electrons. The van der Waals surface area contributed by atoms with E-state index in [1.807, 2.05) is 53.2 Å². The zero-order valence-electron chi connectivity index (χ0n) is 61.9. The summed E-state index contributed by atoms with van der Waals surface area (Å²) in [5.41, 5.74) is 11.2. The minimum Gasteiger partial charge on any atom is -0.0622 e. The molecule has 0 unspecified atom stereocenters. The number of aromatic nitrogens is 6. The number of benzene rings is 10. The van der Waals surface area contributed by atoms with E-state index >= 15 is 0 Å². The van der Waals surface area contributed by atoms with Crippen LogP contribution in [0, 0.1) is 27.7 Å². The summed E-state index contributed by atoms with van der Waals surface area (Å²) in [5.74, 6) is 3.34. The van der Waals surface area contributed by atoms with Crippen LogP contribution in [0.4, 0.5) is 23.0 Å². The summed E-state index contributed by atoms with van der Waals surface area (Å²) >= 11 is 6.66. The minimum absolute atomic E-state index is 0.106. The zero-order valence-corrected chi connectivity index (χ0v) is 70.0. The van der Waals surface area contributed by atoms with Crippen molar-refractivity contribution in [2.75, 3.05) is 24.9 Å². The van der Waals surface area contributed by atoms with Crippen LogP contribution < -0.4 is 57.4 Å². The summed E-state index contributed by atoms with van der Waals surface area (Å²) in [6.45, 7) is 16.7. The number of methoxy groups -OCH3 is 2. The minimum atomic E-state index is -0.446. The maximum atomic E-state index is 6.14. The third-order valence-corrected chi connectivity index (χ3v) is 26.0. The molecule has 1 aliphatic heterocycles. The number of rotatable bonds is 14. The first-order valence-corrected chi connectivity index (χ1v) is 44.4. The number of anilines is 4. The van der Waals surface area contributed by atoms with Gasteiger partial charge in [-0.15, -0.1) is 32.9 Å². The van der Waals surface area contributed by atoms with Crippen LogP contribution in [0.3, 0.4) is 0 Å². The van der Waals surface area contributed by atoms with Crippen molar-refractivity contribution in [2.24, 2.45) is 0 Å². The number of fused-ring (bicyclic) bond motifs is 4. The van der Waals surface area contributed by atoms with Gasteiger partial charge in [0, 0.05) is 22.3 Å². The molecule has 1 saturated heterocycles. The average Bonchev–Trinajstić information content (AvgIpc) is 1.62. The van der Waals surface area contributed by atoms with E-state index in [-0.39, 0.29) is 34.3 Å². The van der Waals surface area contributed by atoms with Crippen LogP contribution >= 0.6 is 73.5 Å². The van der Waals surface area contributed by atoms with E-state index < -0.39 is 15.8 Å². The van der Waals surface area contributed by atoms with Crippen molar-refractivity contribution in [1.82, 2.24) is 29.2 Å². The first-order chi connectivity index (χ1) is 52.9. The van der Waals surface area contributed by atoms with Crippen LogP contribution in [0.1, 0.15) is 49.9 Å². The average molecular weight is 1710 g/mol. The van der Waals surface area contributed by atoms with Crippen LogP contribution in [-0.2, 0) is 25.2 Å². The molecule has 0 saturated carbocycles. The second kappa shape index (κ2) is 37.7. The van der Waals surface area contributed by atoms with E-state index in [0.29, 0.717) is 0 Å². The Morgan fingerprint density at radius 2 is 0.807 bits per heavy atom. The summed E-state index contributed by atoms with van der Waals surface area (Å²) in [4.78, 5) is 8.77. The zero-order chi connectivity index (χ0) is 76.4. The normalized spacial score (nSPS) is 12.6. The Hall–Kier alpha value is -8.87. The summed E-state index contributed by atoms with van der Waals surface area (Å²) < 4.78 is 30.0. The maximum Gasteiger partial charge on any atom is -0.0134 e. The SMILES string of the molecule is COc1ccc(-c2cnc3ccc(Nc4ccc(C)c(C)c4)nn23)c2ccsc12.COc1ccc(B2OC(C)(C)C(C)(C)O2)c2ccsc12.Cc1ccc(Nc2ccc3ncc(Br)n3n2)cc1C.[Cl][Pd][Cl].c1ccc(P(c2ccccc2)c2ccccc2)cc1.c1ccc(P(c2ccccc2)c2ccccc2)cc1. The van der Waals surface area contributed by atoms with Crippen molar-refractivity contribution in [2.45, 2.75) is 66.6 Å². The van der Waals surface area contributed by atoms with E-state index in [4.69, 9.17) is 42.9 Å². The van der Waals surface area contributed by atoms with Gasteiger partial charge in [-0.25, -0.2) is 19.0 Å². The Kier molecular flexibility index (Phi) is 27.6. The number of aryl methyl sites for hydroxylation is 4. The molecule has 0 bridgehead atoms. The Morgan fingerprint density at radius 3 is 1.21 bits per heavy atom. The number of hydrogen-bond donors (Lipinski definition) is 2. The van der Waals surface area contributed by atoms with Gasteiger partial charge in [-0.1, -0.05) is 200 Å². The van der Waals surface area contributed by atoms with Crippen LogP contribution in [0.5, 0.6) is 11.5 Å². The van der Waals surface area contributed by atoms with Gasteiger partial charge in [0.15, 0.2) is 22.9 Å². The molecule has 0 spiro atoms. The fourth-order valence-corrected chi connectivity index (χ4v) is 18.9. The van der Waals surface area contributed by atoms with Gasteiger partial charge in [0.1, 0.15) is 16.1 Å².